The van der Waals surface area contributed by atoms with E-state index in [1.54, 1.807) is 13.8 Å². The minimum Gasteiger partial charge on any atom is -0.481 e. The molecule has 0 spiro atoms. The molecule has 6 nitrogen and oxygen atoms in total. The van der Waals surface area contributed by atoms with Crippen molar-refractivity contribution in [1.82, 2.24) is 0 Å². The largest absolute Gasteiger partial charge is 0.481 e. The first-order valence-electron chi connectivity index (χ1n) is 5.84. The van der Waals surface area contributed by atoms with Crippen molar-refractivity contribution in [2.24, 2.45) is 5.92 Å². The van der Waals surface area contributed by atoms with Gasteiger partial charge in [-0.1, -0.05) is 13.8 Å². The highest BCUT2D eigenvalue weighted by atomic mass is 79.9. The van der Waals surface area contributed by atoms with E-state index in [2.05, 4.69) is 21.2 Å². The van der Waals surface area contributed by atoms with Gasteiger partial charge in [0.05, 0.1) is 15.8 Å². The van der Waals surface area contributed by atoms with Gasteiger partial charge < -0.3 is 10.4 Å². The topological polar surface area (TPSA) is 92.5 Å². The van der Waals surface area contributed by atoms with Crippen LogP contribution in [0.2, 0.25) is 0 Å². The van der Waals surface area contributed by atoms with E-state index < -0.39 is 22.8 Å². The zero-order valence-electron chi connectivity index (χ0n) is 10.9. The van der Waals surface area contributed by atoms with Crippen molar-refractivity contribution in [3.8, 4) is 0 Å². The van der Waals surface area contributed by atoms with E-state index in [1.165, 1.54) is 0 Å². The van der Waals surface area contributed by atoms with Crippen LogP contribution in [-0.4, -0.2) is 22.0 Å². The molecule has 110 valence electrons. The number of nitro groups is 1. The van der Waals surface area contributed by atoms with Crippen LogP contribution in [0.1, 0.15) is 20.3 Å². The van der Waals surface area contributed by atoms with E-state index in [9.17, 15) is 19.3 Å². The number of carbonyl (C=O) groups is 1. The van der Waals surface area contributed by atoms with Crippen LogP contribution in [0.3, 0.4) is 0 Å². The predicted octanol–water partition coefficient (Wildman–Crippen LogP) is 3.41. The maximum Gasteiger partial charge on any atom is 0.305 e. The molecule has 0 amide bonds. The number of rotatable bonds is 6. The summed E-state index contributed by atoms with van der Waals surface area (Å²) in [6.45, 7) is 3.56. The normalized spacial score (nSPS) is 12.2. The lowest BCUT2D eigenvalue weighted by Gasteiger charge is -2.21. The second-order valence-corrected chi connectivity index (χ2v) is 5.49. The lowest BCUT2D eigenvalue weighted by atomic mass is 10.0. The molecule has 0 aliphatic carbocycles. The van der Waals surface area contributed by atoms with Crippen LogP contribution >= 0.6 is 15.9 Å². The molecule has 0 aromatic heterocycles. The number of nitrogens with one attached hydrogen (secondary N) is 1. The predicted molar refractivity (Wildman–Crippen MR) is 75.3 cm³/mol. The fourth-order valence-corrected chi connectivity index (χ4v) is 1.98. The van der Waals surface area contributed by atoms with Gasteiger partial charge in [-0.05, 0) is 21.8 Å². The van der Waals surface area contributed by atoms with Crippen LogP contribution in [0.5, 0.6) is 0 Å². The Morgan fingerprint density at radius 2 is 2.15 bits per heavy atom. The maximum atomic E-state index is 13.5. The zero-order chi connectivity index (χ0) is 15.4. The van der Waals surface area contributed by atoms with Gasteiger partial charge in [0, 0.05) is 18.2 Å². The van der Waals surface area contributed by atoms with E-state index in [0.29, 0.717) is 0 Å². The Bertz CT molecular complexity index is 536. The van der Waals surface area contributed by atoms with Gasteiger partial charge in [-0.25, -0.2) is 4.39 Å². The Morgan fingerprint density at radius 3 is 2.60 bits per heavy atom. The Morgan fingerprint density at radius 1 is 1.55 bits per heavy atom. The van der Waals surface area contributed by atoms with E-state index in [-0.39, 0.29) is 28.2 Å². The molecule has 0 aliphatic rings. The molecule has 1 aromatic carbocycles. The van der Waals surface area contributed by atoms with Crippen molar-refractivity contribution in [3.63, 3.8) is 0 Å². The molecule has 1 atom stereocenters. The lowest BCUT2D eigenvalue weighted by molar-refractivity contribution is -0.384. The summed E-state index contributed by atoms with van der Waals surface area (Å²) in [5, 5.41) is 22.5. The van der Waals surface area contributed by atoms with Crippen molar-refractivity contribution in [2.45, 2.75) is 26.3 Å². The Hall–Kier alpha value is -1.70. The third-order valence-electron chi connectivity index (χ3n) is 2.78. The number of aliphatic carboxylic acids is 1. The summed E-state index contributed by atoms with van der Waals surface area (Å²) >= 11 is 2.88. The summed E-state index contributed by atoms with van der Waals surface area (Å²) < 4.78 is 13.5. The van der Waals surface area contributed by atoms with E-state index in [1.807, 2.05) is 0 Å². The summed E-state index contributed by atoms with van der Waals surface area (Å²) in [5.41, 5.74) is -0.343. The molecular formula is C12H14BrFN2O4. The Labute approximate surface area is 123 Å². The fraction of sp³-hybridized carbons (Fsp3) is 0.417. The van der Waals surface area contributed by atoms with Gasteiger partial charge in [0.25, 0.3) is 5.69 Å². The van der Waals surface area contributed by atoms with E-state index in [0.717, 1.165) is 12.1 Å². The molecule has 0 radical (unpaired) electrons. The van der Waals surface area contributed by atoms with Gasteiger partial charge in [-0.3, -0.25) is 14.9 Å². The molecule has 1 aromatic rings. The van der Waals surface area contributed by atoms with Crippen LogP contribution in [0.4, 0.5) is 15.8 Å². The molecule has 0 aliphatic heterocycles. The van der Waals surface area contributed by atoms with Gasteiger partial charge in [0.2, 0.25) is 0 Å². The quantitative estimate of drug-likeness (QED) is 0.607. The standard InChI is InChI=1S/C12H14BrFN2O4/c1-6(2)9(5-12(17)18)15-10-4-8(14)7(13)3-11(10)16(19)20/h3-4,6,9,15H,5H2,1-2H3,(H,17,18). The van der Waals surface area contributed by atoms with Crippen molar-refractivity contribution < 1.29 is 19.2 Å². The van der Waals surface area contributed by atoms with Gasteiger partial charge in [-0.15, -0.1) is 0 Å². The lowest BCUT2D eigenvalue weighted by Crippen LogP contribution is -2.29. The number of benzene rings is 1. The molecule has 1 rings (SSSR count). The number of hydrogen-bond donors (Lipinski definition) is 2. The maximum absolute atomic E-state index is 13.5. The van der Waals surface area contributed by atoms with Crippen LogP contribution in [0.15, 0.2) is 16.6 Å². The van der Waals surface area contributed by atoms with E-state index >= 15 is 0 Å². The number of carboxylic acids is 1. The van der Waals surface area contributed by atoms with Crippen LogP contribution < -0.4 is 5.32 Å². The first kappa shape index (κ1) is 16.4. The molecule has 2 N–H and O–H groups in total. The van der Waals surface area contributed by atoms with Crippen molar-refractivity contribution in [3.05, 3.63) is 32.5 Å². The molecule has 0 saturated heterocycles. The molecular weight excluding hydrogens is 335 g/mol. The van der Waals surface area contributed by atoms with Gasteiger partial charge in [0.1, 0.15) is 11.5 Å². The van der Waals surface area contributed by atoms with Crippen molar-refractivity contribution >= 4 is 33.3 Å². The smallest absolute Gasteiger partial charge is 0.305 e. The van der Waals surface area contributed by atoms with Crippen LogP contribution in [0.25, 0.3) is 0 Å². The first-order valence-corrected chi connectivity index (χ1v) is 6.63. The Kier molecular flexibility index (Phi) is 5.43. The average Bonchev–Trinajstić information content (AvgIpc) is 2.31. The van der Waals surface area contributed by atoms with E-state index in [4.69, 9.17) is 5.11 Å². The second kappa shape index (κ2) is 6.65. The molecule has 0 saturated carbocycles. The van der Waals surface area contributed by atoms with Gasteiger partial charge in [0.15, 0.2) is 0 Å². The molecule has 0 fully saturated rings. The van der Waals surface area contributed by atoms with Crippen molar-refractivity contribution in [2.75, 3.05) is 5.32 Å². The fourth-order valence-electron chi connectivity index (χ4n) is 1.64. The van der Waals surface area contributed by atoms with Gasteiger partial charge in [-0.2, -0.15) is 0 Å². The molecule has 1 unspecified atom stereocenters. The summed E-state index contributed by atoms with van der Waals surface area (Å²) in [5.74, 6) is -1.77. The second-order valence-electron chi connectivity index (χ2n) is 4.63. The highest BCUT2D eigenvalue weighted by Gasteiger charge is 2.23. The minimum absolute atomic E-state index is 0.0194. The molecule has 0 bridgehead atoms. The molecule has 20 heavy (non-hydrogen) atoms. The summed E-state index contributed by atoms with van der Waals surface area (Å²) in [6, 6.07) is 1.50. The Balaban J connectivity index is 3.14. The first-order chi connectivity index (χ1) is 9.22. The zero-order valence-corrected chi connectivity index (χ0v) is 12.5. The highest BCUT2D eigenvalue weighted by molar-refractivity contribution is 9.10. The van der Waals surface area contributed by atoms with Crippen LogP contribution in [0, 0.1) is 21.8 Å². The number of carboxylic acid groups (broad SMARTS) is 1. The number of halogens is 2. The average molecular weight is 349 g/mol. The number of anilines is 1. The highest BCUT2D eigenvalue weighted by Crippen LogP contribution is 2.32. The monoisotopic (exact) mass is 348 g/mol. The van der Waals surface area contributed by atoms with Crippen LogP contribution in [-0.2, 0) is 4.79 Å². The summed E-state index contributed by atoms with van der Waals surface area (Å²) in [4.78, 5) is 21.1. The van der Waals surface area contributed by atoms with Gasteiger partial charge >= 0.3 is 5.97 Å². The molecule has 8 heteroatoms. The minimum atomic E-state index is -1.03. The summed E-state index contributed by atoms with van der Waals surface area (Å²) in [6.07, 6.45) is -0.216. The number of hydrogen-bond acceptors (Lipinski definition) is 4. The third kappa shape index (κ3) is 4.16. The van der Waals surface area contributed by atoms with Crippen molar-refractivity contribution in [1.29, 1.82) is 0 Å². The third-order valence-corrected chi connectivity index (χ3v) is 3.38. The SMILES string of the molecule is CC(C)C(CC(=O)O)Nc1cc(F)c(Br)cc1[N+](=O)[O-]. The number of nitro benzene ring substituents is 1. The number of nitrogens with zero attached hydrogens (tertiary/aromatic N) is 1. The summed E-state index contributed by atoms with van der Waals surface area (Å²) in [7, 11) is 0. The molecule has 0 heterocycles.